The topological polar surface area (TPSA) is 38.3 Å². The van der Waals surface area contributed by atoms with E-state index in [4.69, 9.17) is 4.74 Å². The Bertz CT molecular complexity index is 200. The average Bonchev–Trinajstić information content (AvgIpc) is 2.04. The molecule has 2 aliphatic rings. The van der Waals surface area contributed by atoms with Crippen LogP contribution < -0.4 is 5.32 Å². The van der Waals surface area contributed by atoms with Gasteiger partial charge in [0.25, 0.3) is 0 Å². The second-order valence-electron chi connectivity index (χ2n) is 3.05. The Morgan fingerprint density at radius 2 is 2.27 bits per heavy atom. The van der Waals surface area contributed by atoms with Crippen molar-refractivity contribution >= 4 is 6.09 Å². The summed E-state index contributed by atoms with van der Waals surface area (Å²) in [5.74, 6) is 0.498. The van der Waals surface area contributed by atoms with E-state index in [1.807, 2.05) is 0 Å². The standard InChI is InChI=1S/C8H11NO2/c10-8-9-7-4-2-1-3-6(7)5-11-8/h1-2,6-7H,3-5H2,(H,9,10)/t6-,7-/m0/s1. The van der Waals surface area contributed by atoms with Crippen molar-refractivity contribution in [2.75, 3.05) is 6.61 Å². The van der Waals surface area contributed by atoms with Gasteiger partial charge in [0.1, 0.15) is 0 Å². The number of nitrogens with one attached hydrogen (secondary N) is 1. The Kier molecular flexibility index (Phi) is 1.56. The van der Waals surface area contributed by atoms with Gasteiger partial charge in [-0.25, -0.2) is 4.79 Å². The number of ether oxygens (including phenoxy) is 1. The van der Waals surface area contributed by atoms with Crippen LogP contribution in [0.15, 0.2) is 12.2 Å². The van der Waals surface area contributed by atoms with Crippen molar-refractivity contribution in [2.24, 2.45) is 5.92 Å². The first-order valence-electron chi connectivity index (χ1n) is 3.94. The van der Waals surface area contributed by atoms with Gasteiger partial charge in [-0.2, -0.15) is 0 Å². The molecule has 3 heteroatoms. The Morgan fingerprint density at radius 1 is 1.45 bits per heavy atom. The molecule has 0 bridgehead atoms. The Morgan fingerprint density at radius 3 is 3.18 bits per heavy atom. The van der Waals surface area contributed by atoms with Gasteiger partial charge in [-0.3, -0.25) is 0 Å². The van der Waals surface area contributed by atoms with Crippen LogP contribution in [0.1, 0.15) is 12.8 Å². The van der Waals surface area contributed by atoms with E-state index in [2.05, 4.69) is 17.5 Å². The summed E-state index contributed by atoms with van der Waals surface area (Å²) in [7, 11) is 0. The quantitative estimate of drug-likeness (QED) is 0.528. The fraction of sp³-hybridized carbons (Fsp3) is 0.625. The number of cyclic esters (lactones) is 1. The van der Waals surface area contributed by atoms with Crippen LogP contribution in [-0.4, -0.2) is 18.7 Å². The third kappa shape index (κ3) is 1.23. The zero-order chi connectivity index (χ0) is 7.68. The van der Waals surface area contributed by atoms with Gasteiger partial charge < -0.3 is 10.1 Å². The lowest BCUT2D eigenvalue weighted by Crippen LogP contribution is -2.48. The molecule has 3 nitrogen and oxygen atoms in total. The van der Waals surface area contributed by atoms with Gasteiger partial charge in [0.05, 0.1) is 6.61 Å². The molecule has 0 spiro atoms. The van der Waals surface area contributed by atoms with Gasteiger partial charge in [-0.05, 0) is 12.8 Å². The molecule has 1 saturated heterocycles. The van der Waals surface area contributed by atoms with E-state index in [0.717, 1.165) is 12.8 Å². The summed E-state index contributed by atoms with van der Waals surface area (Å²) in [5.41, 5.74) is 0. The number of rotatable bonds is 0. The molecule has 0 saturated carbocycles. The van der Waals surface area contributed by atoms with Crippen LogP contribution in [-0.2, 0) is 4.74 Å². The number of fused-ring (bicyclic) bond motifs is 1. The molecule has 60 valence electrons. The first-order chi connectivity index (χ1) is 5.36. The number of carbonyl (C=O) groups excluding carboxylic acids is 1. The molecule has 0 aromatic heterocycles. The first kappa shape index (κ1) is 6.70. The number of alkyl carbamates (subject to hydrolysis) is 1. The minimum Gasteiger partial charge on any atom is -0.449 e. The van der Waals surface area contributed by atoms with E-state index in [0.29, 0.717) is 18.6 Å². The molecule has 0 unspecified atom stereocenters. The lowest BCUT2D eigenvalue weighted by Gasteiger charge is -2.32. The maximum atomic E-state index is 10.8. The third-order valence-electron chi connectivity index (χ3n) is 2.30. The zero-order valence-electron chi connectivity index (χ0n) is 6.25. The van der Waals surface area contributed by atoms with Crippen molar-refractivity contribution < 1.29 is 9.53 Å². The van der Waals surface area contributed by atoms with E-state index in [1.54, 1.807) is 0 Å². The second-order valence-corrected chi connectivity index (χ2v) is 3.05. The molecular weight excluding hydrogens is 142 g/mol. The van der Waals surface area contributed by atoms with Gasteiger partial charge in [0.2, 0.25) is 0 Å². The molecule has 0 aromatic rings. The first-order valence-corrected chi connectivity index (χ1v) is 3.94. The van der Waals surface area contributed by atoms with Crippen LogP contribution in [0.2, 0.25) is 0 Å². The maximum Gasteiger partial charge on any atom is 0.407 e. The summed E-state index contributed by atoms with van der Waals surface area (Å²) in [4.78, 5) is 10.8. The number of carbonyl (C=O) groups is 1. The average molecular weight is 153 g/mol. The van der Waals surface area contributed by atoms with E-state index >= 15 is 0 Å². The Balaban J connectivity index is 2.06. The molecular formula is C8H11NO2. The van der Waals surface area contributed by atoms with Crippen LogP contribution in [0.5, 0.6) is 0 Å². The lowest BCUT2D eigenvalue weighted by atomic mass is 9.89. The molecule has 1 fully saturated rings. The van der Waals surface area contributed by atoms with Crippen LogP contribution in [0, 0.1) is 5.92 Å². The molecule has 1 aliphatic heterocycles. The molecule has 1 heterocycles. The maximum absolute atomic E-state index is 10.8. The van der Waals surface area contributed by atoms with Gasteiger partial charge in [0.15, 0.2) is 0 Å². The van der Waals surface area contributed by atoms with Crippen LogP contribution >= 0.6 is 0 Å². The minimum absolute atomic E-state index is 0.262. The second kappa shape index (κ2) is 2.57. The third-order valence-corrected chi connectivity index (χ3v) is 2.30. The Labute approximate surface area is 65.4 Å². The monoisotopic (exact) mass is 153 g/mol. The molecule has 2 atom stereocenters. The minimum atomic E-state index is -0.262. The fourth-order valence-electron chi connectivity index (χ4n) is 1.61. The summed E-state index contributed by atoms with van der Waals surface area (Å²) in [6.45, 7) is 0.584. The van der Waals surface area contributed by atoms with E-state index in [-0.39, 0.29) is 6.09 Å². The summed E-state index contributed by atoms with van der Waals surface area (Å²) < 4.78 is 4.86. The number of hydrogen-bond acceptors (Lipinski definition) is 2. The highest BCUT2D eigenvalue weighted by molar-refractivity contribution is 5.68. The molecule has 0 radical (unpaired) electrons. The van der Waals surface area contributed by atoms with E-state index < -0.39 is 0 Å². The van der Waals surface area contributed by atoms with Gasteiger partial charge in [-0.15, -0.1) is 0 Å². The summed E-state index contributed by atoms with van der Waals surface area (Å²) in [6.07, 6.45) is 6.00. The summed E-state index contributed by atoms with van der Waals surface area (Å²) >= 11 is 0. The van der Waals surface area contributed by atoms with Gasteiger partial charge in [-0.1, -0.05) is 12.2 Å². The number of amides is 1. The van der Waals surface area contributed by atoms with E-state index in [9.17, 15) is 4.79 Å². The molecule has 1 N–H and O–H groups in total. The largest absolute Gasteiger partial charge is 0.449 e. The van der Waals surface area contributed by atoms with E-state index in [1.165, 1.54) is 0 Å². The predicted molar refractivity (Wildman–Crippen MR) is 40.1 cm³/mol. The summed E-state index contributed by atoms with van der Waals surface area (Å²) in [5, 5.41) is 2.81. The highest BCUT2D eigenvalue weighted by Gasteiger charge is 2.29. The predicted octanol–water partition coefficient (Wildman–Crippen LogP) is 1.06. The van der Waals surface area contributed by atoms with Crippen molar-refractivity contribution in [1.29, 1.82) is 0 Å². The van der Waals surface area contributed by atoms with Crippen LogP contribution in [0.3, 0.4) is 0 Å². The van der Waals surface area contributed by atoms with Gasteiger partial charge in [0, 0.05) is 12.0 Å². The van der Waals surface area contributed by atoms with Gasteiger partial charge >= 0.3 is 6.09 Å². The van der Waals surface area contributed by atoms with Crippen LogP contribution in [0.25, 0.3) is 0 Å². The molecule has 2 rings (SSSR count). The lowest BCUT2D eigenvalue weighted by molar-refractivity contribution is 0.0801. The SMILES string of the molecule is O=C1N[C@H]2CC=CC[C@H]2CO1. The fourth-order valence-corrected chi connectivity index (χ4v) is 1.61. The zero-order valence-corrected chi connectivity index (χ0v) is 6.25. The Hall–Kier alpha value is -0.990. The number of allylic oxidation sites excluding steroid dienone is 1. The van der Waals surface area contributed by atoms with Crippen molar-refractivity contribution in [2.45, 2.75) is 18.9 Å². The van der Waals surface area contributed by atoms with Crippen molar-refractivity contribution in [3.63, 3.8) is 0 Å². The normalized spacial score (nSPS) is 35.5. The van der Waals surface area contributed by atoms with Crippen LogP contribution in [0.4, 0.5) is 4.79 Å². The van der Waals surface area contributed by atoms with Crippen molar-refractivity contribution in [1.82, 2.24) is 5.32 Å². The van der Waals surface area contributed by atoms with Crippen molar-refractivity contribution in [3.8, 4) is 0 Å². The van der Waals surface area contributed by atoms with Crippen molar-refractivity contribution in [3.05, 3.63) is 12.2 Å². The smallest absolute Gasteiger partial charge is 0.407 e. The molecule has 1 amide bonds. The summed E-state index contributed by atoms with van der Waals surface area (Å²) in [6, 6.07) is 0.321. The molecule has 0 aromatic carbocycles. The molecule has 11 heavy (non-hydrogen) atoms. The highest BCUT2D eigenvalue weighted by atomic mass is 16.6. The number of hydrogen-bond donors (Lipinski definition) is 1. The molecule has 1 aliphatic carbocycles. The highest BCUT2D eigenvalue weighted by Crippen LogP contribution is 2.22.